The fourth-order valence-electron chi connectivity index (χ4n) is 1.05. The largest absolute Gasteiger partial charge is 0.468 e. The summed E-state index contributed by atoms with van der Waals surface area (Å²) in [6.45, 7) is 1.56. The van der Waals surface area contributed by atoms with Crippen LogP contribution in [0, 0.1) is 0 Å². The Kier molecular flexibility index (Phi) is 4.29. The zero-order valence-corrected chi connectivity index (χ0v) is 9.97. The van der Waals surface area contributed by atoms with Gasteiger partial charge in [0.15, 0.2) is 0 Å². The Balaban J connectivity index is 2.90. The summed E-state index contributed by atoms with van der Waals surface area (Å²) in [4.78, 5) is 11.7. The van der Waals surface area contributed by atoms with Crippen LogP contribution >= 0.6 is 11.6 Å². The van der Waals surface area contributed by atoms with Crippen molar-refractivity contribution in [2.45, 2.75) is 17.1 Å². The molecular formula is C10H11ClO3S. The van der Waals surface area contributed by atoms with Crippen LogP contribution in [0.25, 0.3) is 0 Å². The summed E-state index contributed by atoms with van der Waals surface area (Å²) in [5.74, 6) is -0.492. The van der Waals surface area contributed by atoms with Crippen LogP contribution in [-0.4, -0.2) is 22.5 Å². The minimum Gasteiger partial charge on any atom is -0.468 e. The minimum atomic E-state index is -1.43. The van der Waals surface area contributed by atoms with Gasteiger partial charge in [-0.2, -0.15) is 0 Å². The van der Waals surface area contributed by atoms with E-state index in [0.29, 0.717) is 9.92 Å². The van der Waals surface area contributed by atoms with Gasteiger partial charge in [-0.15, -0.1) is 0 Å². The summed E-state index contributed by atoms with van der Waals surface area (Å²) in [5.41, 5.74) is 0. The first-order valence-electron chi connectivity index (χ1n) is 4.30. The van der Waals surface area contributed by atoms with Crippen LogP contribution < -0.4 is 0 Å². The standard InChI is InChI=1S/C10H11ClO3S/c1-7(10(12)14-2)15(13)9-5-3-4-8(11)6-9/h3-7H,1-2H3. The maximum Gasteiger partial charge on any atom is 0.321 e. The normalized spacial score (nSPS) is 14.3. The summed E-state index contributed by atoms with van der Waals surface area (Å²) >= 11 is 5.76. The maximum atomic E-state index is 11.8. The lowest BCUT2D eigenvalue weighted by Gasteiger charge is -2.08. The van der Waals surface area contributed by atoms with Crippen molar-refractivity contribution in [3.8, 4) is 0 Å². The summed E-state index contributed by atoms with van der Waals surface area (Å²) in [6, 6.07) is 6.63. The molecule has 5 heteroatoms. The van der Waals surface area contributed by atoms with Gasteiger partial charge in [0.1, 0.15) is 5.25 Å². The second-order valence-corrected chi connectivity index (χ2v) is 5.13. The van der Waals surface area contributed by atoms with Gasteiger partial charge in [-0.3, -0.25) is 9.00 Å². The van der Waals surface area contributed by atoms with Crippen molar-refractivity contribution in [3.63, 3.8) is 0 Å². The number of benzene rings is 1. The van der Waals surface area contributed by atoms with E-state index in [1.165, 1.54) is 7.11 Å². The van der Waals surface area contributed by atoms with Crippen molar-refractivity contribution in [1.29, 1.82) is 0 Å². The highest BCUT2D eigenvalue weighted by Gasteiger charge is 2.21. The molecule has 0 aliphatic carbocycles. The third kappa shape index (κ3) is 3.04. The molecule has 15 heavy (non-hydrogen) atoms. The van der Waals surface area contributed by atoms with Crippen LogP contribution in [0.3, 0.4) is 0 Å². The third-order valence-electron chi connectivity index (χ3n) is 1.88. The third-order valence-corrected chi connectivity index (χ3v) is 3.67. The van der Waals surface area contributed by atoms with Gasteiger partial charge in [0.25, 0.3) is 0 Å². The highest BCUT2D eigenvalue weighted by atomic mass is 35.5. The second-order valence-electron chi connectivity index (χ2n) is 2.92. The predicted molar refractivity (Wildman–Crippen MR) is 59.3 cm³/mol. The number of carbonyl (C=O) groups is 1. The number of hydrogen-bond acceptors (Lipinski definition) is 3. The molecule has 0 saturated heterocycles. The molecule has 0 amide bonds. The molecule has 0 aliphatic heterocycles. The quantitative estimate of drug-likeness (QED) is 0.767. The Morgan fingerprint density at radius 1 is 1.53 bits per heavy atom. The van der Waals surface area contributed by atoms with Gasteiger partial charge in [-0.25, -0.2) is 0 Å². The van der Waals surface area contributed by atoms with E-state index >= 15 is 0 Å². The lowest BCUT2D eigenvalue weighted by atomic mass is 10.4. The van der Waals surface area contributed by atoms with Crippen molar-refractivity contribution < 1.29 is 13.7 Å². The molecule has 0 bridgehead atoms. The Labute approximate surface area is 95.8 Å². The molecule has 0 aliphatic rings. The SMILES string of the molecule is COC(=O)C(C)S(=O)c1cccc(Cl)c1. The number of ether oxygens (including phenoxy) is 1. The fraction of sp³-hybridized carbons (Fsp3) is 0.300. The lowest BCUT2D eigenvalue weighted by Crippen LogP contribution is -2.23. The lowest BCUT2D eigenvalue weighted by molar-refractivity contribution is -0.139. The van der Waals surface area contributed by atoms with Gasteiger partial charge in [0.05, 0.1) is 17.9 Å². The van der Waals surface area contributed by atoms with E-state index in [2.05, 4.69) is 4.74 Å². The van der Waals surface area contributed by atoms with Gasteiger partial charge >= 0.3 is 5.97 Å². The van der Waals surface area contributed by atoms with Crippen LogP contribution in [0.15, 0.2) is 29.2 Å². The molecule has 2 unspecified atom stereocenters. The molecule has 82 valence electrons. The number of methoxy groups -OCH3 is 1. The zero-order chi connectivity index (χ0) is 11.4. The molecule has 0 heterocycles. The Morgan fingerprint density at radius 3 is 2.73 bits per heavy atom. The molecule has 3 nitrogen and oxygen atoms in total. The topological polar surface area (TPSA) is 43.4 Å². The van der Waals surface area contributed by atoms with Crippen LogP contribution in [0.2, 0.25) is 5.02 Å². The summed E-state index contributed by atoms with van der Waals surface area (Å²) in [6.07, 6.45) is 0. The van der Waals surface area contributed by atoms with Crippen molar-refractivity contribution in [2.75, 3.05) is 7.11 Å². The fourth-order valence-corrected chi connectivity index (χ4v) is 2.44. The predicted octanol–water partition coefficient (Wildman–Crippen LogP) is 2.01. The van der Waals surface area contributed by atoms with Gasteiger partial charge in [0, 0.05) is 9.92 Å². The molecule has 0 saturated carbocycles. The van der Waals surface area contributed by atoms with E-state index < -0.39 is 22.0 Å². The van der Waals surface area contributed by atoms with Gasteiger partial charge in [-0.1, -0.05) is 17.7 Å². The van der Waals surface area contributed by atoms with E-state index in [1.807, 2.05) is 0 Å². The van der Waals surface area contributed by atoms with Gasteiger partial charge < -0.3 is 4.74 Å². The second kappa shape index (κ2) is 5.28. The average Bonchev–Trinajstić information content (AvgIpc) is 2.26. The molecular weight excluding hydrogens is 236 g/mol. The smallest absolute Gasteiger partial charge is 0.321 e. The first-order chi connectivity index (χ1) is 7.06. The maximum absolute atomic E-state index is 11.8. The summed E-state index contributed by atoms with van der Waals surface area (Å²) in [5, 5.41) is -0.189. The van der Waals surface area contributed by atoms with Crippen molar-refractivity contribution in [3.05, 3.63) is 29.3 Å². The summed E-state index contributed by atoms with van der Waals surface area (Å²) in [7, 11) is -0.156. The Morgan fingerprint density at radius 2 is 2.20 bits per heavy atom. The molecule has 2 atom stereocenters. The first kappa shape index (κ1) is 12.2. The van der Waals surface area contributed by atoms with Crippen molar-refractivity contribution in [2.24, 2.45) is 0 Å². The highest BCUT2D eigenvalue weighted by Crippen LogP contribution is 2.17. The number of hydrogen-bond donors (Lipinski definition) is 0. The van der Waals surface area contributed by atoms with Crippen LogP contribution in [0.5, 0.6) is 0 Å². The molecule has 0 spiro atoms. The van der Waals surface area contributed by atoms with E-state index in [4.69, 9.17) is 11.6 Å². The highest BCUT2D eigenvalue weighted by molar-refractivity contribution is 7.86. The Bertz CT molecular complexity index is 392. The molecule has 0 fully saturated rings. The molecule has 0 aromatic heterocycles. The number of halogens is 1. The summed E-state index contributed by atoms with van der Waals surface area (Å²) < 4.78 is 16.4. The zero-order valence-electron chi connectivity index (χ0n) is 8.40. The molecule has 1 aromatic carbocycles. The van der Waals surface area contributed by atoms with E-state index in [1.54, 1.807) is 31.2 Å². The number of carbonyl (C=O) groups excluding carboxylic acids is 1. The van der Waals surface area contributed by atoms with Crippen molar-refractivity contribution >= 4 is 28.4 Å². The van der Waals surface area contributed by atoms with Crippen LogP contribution in [-0.2, 0) is 20.3 Å². The average molecular weight is 247 g/mol. The van der Waals surface area contributed by atoms with Crippen LogP contribution in [0.1, 0.15) is 6.92 Å². The molecule has 1 rings (SSSR count). The number of esters is 1. The molecule has 0 N–H and O–H groups in total. The minimum absolute atomic E-state index is 0.492. The van der Waals surface area contributed by atoms with Gasteiger partial charge in [-0.05, 0) is 25.1 Å². The van der Waals surface area contributed by atoms with E-state index in [0.717, 1.165) is 0 Å². The first-order valence-corrected chi connectivity index (χ1v) is 5.89. The van der Waals surface area contributed by atoms with E-state index in [-0.39, 0.29) is 0 Å². The Hall–Kier alpha value is -0.870. The molecule has 0 radical (unpaired) electrons. The van der Waals surface area contributed by atoms with E-state index in [9.17, 15) is 9.00 Å². The monoisotopic (exact) mass is 246 g/mol. The van der Waals surface area contributed by atoms with Crippen LogP contribution in [0.4, 0.5) is 0 Å². The van der Waals surface area contributed by atoms with Gasteiger partial charge in [0.2, 0.25) is 0 Å². The molecule has 1 aromatic rings. The van der Waals surface area contributed by atoms with Crippen molar-refractivity contribution in [1.82, 2.24) is 0 Å². The number of rotatable bonds is 3.